The Labute approximate surface area is 220 Å². The lowest BCUT2D eigenvalue weighted by atomic mass is 9.90. The SMILES string of the molecule is CNC1CCN(C(C2=C(c3nnc[nH]3)SC(c3ccnc(NC(C)=O)c3)C2)c2ccc(Cl)cc2)CC1. The minimum absolute atomic E-state index is 0.106. The van der Waals surface area contributed by atoms with Crippen LogP contribution in [0.2, 0.25) is 5.02 Å². The predicted octanol–water partition coefficient (Wildman–Crippen LogP) is 4.83. The van der Waals surface area contributed by atoms with Gasteiger partial charge in [0.15, 0.2) is 5.82 Å². The van der Waals surface area contributed by atoms with Gasteiger partial charge in [0.2, 0.25) is 5.91 Å². The Morgan fingerprint density at radius 2 is 2.00 bits per heavy atom. The number of piperidine rings is 1. The van der Waals surface area contributed by atoms with Crippen molar-refractivity contribution in [3.05, 3.63) is 76.5 Å². The van der Waals surface area contributed by atoms with Crippen molar-refractivity contribution in [2.24, 2.45) is 0 Å². The summed E-state index contributed by atoms with van der Waals surface area (Å²) in [6.45, 7) is 3.50. The molecule has 2 atom stereocenters. The van der Waals surface area contributed by atoms with E-state index in [4.69, 9.17) is 11.6 Å². The van der Waals surface area contributed by atoms with Crippen LogP contribution in [0.25, 0.3) is 4.91 Å². The Morgan fingerprint density at radius 3 is 2.67 bits per heavy atom. The number of amides is 1. The smallest absolute Gasteiger partial charge is 0.222 e. The quantitative estimate of drug-likeness (QED) is 0.408. The number of carbonyl (C=O) groups excluding carboxylic acids is 1. The molecule has 0 bridgehead atoms. The van der Waals surface area contributed by atoms with Crippen molar-refractivity contribution in [3.63, 3.8) is 0 Å². The van der Waals surface area contributed by atoms with E-state index >= 15 is 0 Å². The largest absolute Gasteiger partial charge is 0.327 e. The summed E-state index contributed by atoms with van der Waals surface area (Å²) in [5.41, 5.74) is 3.67. The molecule has 0 aliphatic carbocycles. The fourth-order valence-electron chi connectivity index (χ4n) is 5.12. The van der Waals surface area contributed by atoms with Gasteiger partial charge in [-0.15, -0.1) is 22.0 Å². The van der Waals surface area contributed by atoms with Gasteiger partial charge in [-0.05, 0) is 67.3 Å². The Morgan fingerprint density at radius 1 is 1.22 bits per heavy atom. The number of nitrogens with one attached hydrogen (secondary N) is 3. The van der Waals surface area contributed by atoms with Crippen molar-refractivity contribution in [3.8, 4) is 0 Å². The molecule has 10 heteroatoms. The molecule has 5 rings (SSSR count). The van der Waals surface area contributed by atoms with E-state index in [1.165, 1.54) is 18.1 Å². The van der Waals surface area contributed by atoms with Crippen LogP contribution in [0.1, 0.15) is 54.4 Å². The molecule has 2 unspecified atom stereocenters. The van der Waals surface area contributed by atoms with E-state index in [1.807, 2.05) is 31.3 Å². The first kappa shape index (κ1) is 25.0. The van der Waals surface area contributed by atoms with Crippen LogP contribution in [0.15, 0.2) is 54.5 Å². The fourth-order valence-corrected chi connectivity index (χ4v) is 6.63. The summed E-state index contributed by atoms with van der Waals surface area (Å²) in [5.74, 6) is 1.23. The zero-order valence-corrected chi connectivity index (χ0v) is 21.9. The maximum Gasteiger partial charge on any atom is 0.222 e. The van der Waals surface area contributed by atoms with Gasteiger partial charge in [0.25, 0.3) is 0 Å². The van der Waals surface area contributed by atoms with E-state index in [1.54, 1.807) is 24.3 Å². The van der Waals surface area contributed by atoms with Crippen LogP contribution in [0.5, 0.6) is 0 Å². The van der Waals surface area contributed by atoms with Gasteiger partial charge < -0.3 is 15.6 Å². The van der Waals surface area contributed by atoms with Gasteiger partial charge in [0, 0.05) is 42.5 Å². The Hall–Kier alpha value is -2.72. The second-order valence-corrected chi connectivity index (χ2v) is 10.9. The van der Waals surface area contributed by atoms with Crippen LogP contribution >= 0.6 is 23.4 Å². The number of halogens is 1. The number of aromatic amines is 1. The summed E-state index contributed by atoms with van der Waals surface area (Å²) < 4.78 is 0. The number of pyridine rings is 1. The van der Waals surface area contributed by atoms with Gasteiger partial charge in [0.05, 0.1) is 10.9 Å². The molecule has 0 saturated carbocycles. The second kappa shape index (κ2) is 11.1. The van der Waals surface area contributed by atoms with Crippen LogP contribution in [0, 0.1) is 0 Å². The number of hydrogen-bond acceptors (Lipinski definition) is 7. The highest BCUT2D eigenvalue weighted by atomic mass is 35.5. The first-order valence-electron chi connectivity index (χ1n) is 12.2. The normalized spacial score (nSPS) is 20.0. The van der Waals surface area contributed by atoms with E-state index in [-0.39, 0.29) is 17.2 Å². The van der Waals surface area contributed by atoms with Crippen molar-refractivity contribution in [2.75, 3.05) is 25.5 Å². The number of thioether (sulfide) groups is 1. The Bertz CT molecular complexity index is 1220. The molecular weight excluding hydrogens is 494 g/mol. The highest BCUT2D eigenvalue weighted by Crippen LogP contribution is 2.55. The standard InChI is InChI=1S/C26H30ClN7OS/c1-16(35)32-23-13-18(7-10-29-23)22-14-21(25(36-22)26-30-15-31-33-26)24(17-3-5-19(27)6-4-17)34-11-8-20(28-2)9-12-34/h3-7,10,13,15,20,22,24,28H,8-9,11-12,14H2,1-2H3,(H,29,32,35)(H,30,31,33). The summed E-state index contributed by atoms with van der Waals surface area (Å²) in [6.07, 6.45) is 6.44. The lowest BCUT2D eigenvalue weighted by molar-refractivity contribution is -0.114. The van der Waals surface area contributed by atoms with Gasteiger partial charge in [0.1, 0.15) is 12.1 Å². The van der Waals surface area contributed by atoms with E-state index in [9.17, 15) is 4.79 Å². The third kappa shape index (κ3) is 5.49. The molecule has 1 amide bonds. The van der Waals surface area contributed by atoms with Gasteiger partial charge in [-0.25, -0.2) is 4.98 Å². The summed E-state index contributed by atoms with van der Waals surface area (Å²) in [7, 11) is 2.05. The summed E-state index contributed by atoms with van der Waals surface area (Å²) in [5, 5.41) is 15.6. The minimum Gasteiger partial charge on any atom is -0.327 e. The molecule has 8 nitrogen and oxygen atoms in total. The third-order valence-electron chi connectivity index (χ3n) is 6.87. The molecular formula is C26H30ClN7OS. The number of aromatic nitrogens is 4. The van der Waals surface area contributed by atoms with Gasteiger partial charge in [-0.2, -0.15) is 0 Å². The minimum atomic E-state index is -0.132. The van der Waals surface area contributed by atoms with E-state index < -0.39 is 0 Å². The molecule has 1 aromatic carbocycles. The van der Waals surface area contributed by atoms with Gasteiger partial charge in [-0.1, -0.05) is 23.7 Å². The highest BCUT2D eigenvalue weighted by Gasteiger charge is 2.37. The van der Waals surface area contributed by atoms with E-state index in [0.29, 0.717) is 11.9 Å². The monoisotopic (exact) mass is 523 g/mol. The first-order chi connectivity index (χ1) is 17.5. The lowest BCUT2D eigenvalue weighted by Crippen LogP contribution is -2.43. The van der Waals surface area contributed by atoms with Crippen molar-refractivity contribution in [2.45, 2.75) is 43.5 Å². The second-order valence-electron chi connectivity index (χ2n) is 9.21. The van der Waals surface area contributed by atoms with Crippen molar-refractivity contribution in [1.82, 2.24) is 30.4 Å². The number of hydrogen-bond donors (Lipinski definition) is 3. The van der Waals surface area contributed by atoms with Crippen molar-refractivity contribution >= 4 is 40.0 Å². The molecule has 188 valence electrons. The number of nitrogens with zero attached hydrogens (tertiary/aromatic N) is 4. The topological polar surface area (TPSA) is 98.8 Å². The molecule has 1 saturated heterocycles. The van der Waals surface area contributed by atoms with Crippen molar-refractivity contribution in [1.29, 1.82) is 0 Å². The maximum atomic E-state index is 11.6. The van der Waals surface area contributed by atoms with Crippen molar-refractivity contribution < 1.29 is 4.79 Å². The predicted molar refractivity (Wildman–Crippen MR) is 145 cm³/mol. The number of anilines is 1. The van der Waals surface area contributed by atoms with Gasteiger partial charge >= 0.3 is 0 Å². The average Bonchev–Trinajstić information content (AvgIpc) is 3.56. The number of benzene rings is 1. The Kier molecular flexibility index (Phi) is 7.71. The fraction of sp³-hybridized carbons (Fsp3) is 0.385. The first-order valence-corrected chi connectivity index (χ1v) is 13.4. The molecule has 2 aliphatic rings. The maximum absolute atomic E-state index is 11.6. The molecule has 4 heterocycles. The van der Waals surface area contributed by atoms with E-state index in [0.717, 1.165) is 53.7 Å². The van der Waals surface area contributed by atoms with Crippen LogP contribution in [0.3, 0.4) is 0 Å². The zero-order valence-electron chi connectivity index (χ0n) is 20.4. The molecule has 1 fully saturated rings. The highest BCUT2D eigenvalue weighted by molar-refractivity contribution is 8.08. The van der Waals surface area contributed by atoms with E-state index in [2.05, 4.69) is 47.8 Å². The molecule has 2 aliphatic heterocycles. The molecule has 0 spiro atoms. The molecule has 36 heavy (non-hydrogen) atoms. The molecule has 0 radical (unpaired) electrons. The third-order valence-corrected chi connectivity index (χ3v) is 8.53. The average molecular weight is 524 g/mol. The number of carbonyl (C=O) groups is 1. The number of H-pyrrole nitrogens is 1. The number of rotatable bonds is 7. The van der Waals surface area contributed by atoms with Crippen LogP contribution in [-0.2, 0) is 4.79 Å². The molecule has 2 aromatic heterocycles. The Balaban J connectivity index is 1.53. The van der Waals surface area contributed by atoms with Gasteiger partial charge in [-0.3, -0.25) is 9.69 Å². The van der Waals surface area contributed by atoms with Crippen LogP contribution in [0.4, 0.5) is 5.82 Å². The molecule has 3 N–H and O–H groups in total. The zero-order chi connectivity index (χ0) is 25.1. The summed E-state index contributed by atoms with van der Waals surface area (Å²) >= 11 is 8.06. The summed E-state index contributed by atoms with van der Waals surface area (Å²) in [6, 6.07) is 12.9. The van der Waals surface area contributed by atoms with Crippen LogP contribution in [-0.4, -0.2) is 57.2 Å². The number of likely N-dealkylation sites (tertiary alicyclic amines) is 1. The van der Waals surface area contributed by atoms with Crippen LogP contribution < -0.4 is 10.6 Å². The lowest BCUT2D eigenvalue weighted by Gasteiger charge is -2.39. The molecule has 3 aromatic rings. The summed E-state index contributed by atoms with van der Waals surface area (Å²) in [4.78, 5) is 22.8.